The van der Waals surface area contributed by atoms with Crippen LogP contribution < -0.4 is 10.2 Å². The Labute approximate surface area is 110 Å². The number of aromatic nitrogens is 2. The lowest BCUT2D eigenvalue weighted by Crippen LogP contribution is -2.25. The summed E-state index contributed by atoms with van der Waals surface area (Å²) in [5.41, 5.74) is 2.67. The Kier molecular flexibility index (Phi) is 3.85. The van der Waals surface area contributed by atoms with Crippen LogP contribution in [0.3, 0.4) is 0 Å². The lowest BCUT2D eigenvalue weighted by molar-refractivity contribution is 0.418. The van der Waals surface area contributed by atoms with E-state index in [1.54, 1.807) is 0 Å². The number of anilines is 1. The van der Waals surface area contributed by atoms with Gasteiger partial charge in [0.05, 0.1) is 0 Å². The number of nitrogens with zero attached hydrogens (tertiary/aromatic N) is 3. The Morgan fingerprint density at radius 3 is 2.78 bits per heavy atom. The standard InChI is InChI=1S/C14H24N4/c1-5-15-8-12-9-16-13(17-11(12)2)18-7-6-14(3,4)10-18/h9,15H,5-8,10H2,1-4H3. The predicted molar refractivity (Wildman–Crippen MR) is 74.8 cm³/mol. The Morgan fingerprint density at radius 1 is 1.44 bits per heavy atom. The smallest absolute Gasteiger partial charge is 0.225 e. The molecule has 1 aromatic heterocycles. The summed E-state index contributed by atoms with van der Waals surface area (Å²) in [7, 11) is 0. The van der Waals surface area contributed by atoms with E-state index in [-0.39, 0.29) is 0 Å². The fourth-order valence-electron chi connectivity index (χ4n) is 2.35. The van der Waals surface area contributed by atoms with Crippen molar-refractivity contribution in [2.45, 2.75) is 40.7 Å². The summed E-state index contributed by atoms with van der Waals surface area (Å²) in [5.74, 6) is 0.887. The molecule has 1 aliphatic heterocycles. The van der Waals surface area contributed by atoms with Crippen molar-refractivity contribution in [1.29, 1.82) is 0 Å². The van der Waals surface area contributed by atoms with Gasteiger partial charge in [-0.1, -0.05) is 20.8 Å². The Hall–Kier alpha value is -1.16. The maximum absolute atomic E-state index is 4.65. The van der Waals surface area contributed by atoms with Crippen LogP contribution in [0.4, 0.5) is 5.95 Å². The van der Waals surface area contributed by atoms with Gasteiger partial charge in [0.25, 0.3) is 0 Å². The molecule has 0 bridgehead atoms. The van der Waals surface area contributed by atoms with E-state index in [2.05, 4.69) is 47.9 Å². The molecular formula is C14H24N4. The molecule has 1 fully saturated rings. The zero-order valence-electron chi connectivity index (χ0n) is 12.0. The fraction of sp³-hybridized carbons (Fsp3) is 0.714. The monoisotopic (exact) mass is 248 g/mol. The van der Waals surface area contributed by atoms with Crippen molar-refractivity contribution in [1.82, 2.24) is 15.3 Å². The maximum Gasteiger partial charge on any atom is 0.225 e. The molecule has 0 atom stereocenters. The van der Waals surface area contributed by atoms with Gasteiger partial charge in [0.1, 0.15) is 0 Å². The molecular weight excluding hydrogens is 224 g/mol. The number of rotatable bonds is 4. The minimum atomic E-state index is 0.389. The van der Waals surface area contributed by atoms with Crippen LogP contribution in [0.2, 0.25) is 0 Å². The summed E-state index contributed by atoms with van der Waals surface area (Å²) in [6.45, 7) is 12.7. The highest BCUT2D eigenvalue weighted by Gasteiger charge is 2.30. The topological polar surface area (TPSA) is 41.1 Å². The summed E-state index contributed by atoms with van der Waals surface area (Å²) in [4.78, 5) is 11.5. The summed E-state index contributed by atoms with van der Waals surface area (Å²) >= 11 is 0. The predicted octanol–water partition coefficient (Wildman–Crippen LogP) is 2.13. The van der Waals surface area contributed by atoms with E-state index >= 15 is 0 Å². The van der Waals surface area contributed by atoms with Gasteiger partial charge in [0, 0.05) is 37.1 Å². The van der Waals surface area contributed by atoms with Gasteiger partial charge in [-0.05, 0) is 25.3 Å². The van der Waals surface area contributed by atoms with Gasteiger partial charge in [-0.2, -0.15) is 0 Å². The van der Waals surface area contributed by atoms with Crippen LogP contribution in [0.5, 0.6) is 0 Å². The first kappa shape index (κ1) is 13.3. The van der Waals surface area contributed by atoms with E-state index in [1.807, 2.05) is 6.20 Å². The molecule has 0 aromatic carbocycles. The highest BCUT2D eigenvalue weighted by Crippen LogP contribution is 2.30. The van der Waals surface area contributed by atoms with Crippen molar-refractivity contribution < 1.29 is 0 Å². The average molecular weight is 248 g/mol. The number of hydrogen-bond donors (Lipinski definition) is 1. The van der Waals surface area contributed by atoms with E-state index in [0.29, 0.717) is 5.41 Å². The molecule has 0 spiro atoms. The van der Waals surface area contributed by atoms with Crippen LogP contribution in [0.1, 0.15) is 38.4 Å². The molecule has 100 valence electrons. The molecule has 0 radical (unpaired) electrons. The molecule has 18 heavy (non-hydrogen) atoms. The van der Waals surface area contributed by atoms with Crippen molar-refractivity contribution in [3.05, 3.63) is 17.5 Å². The Morgan fingerprint density at radius 2 is 2.22 bits per heavy atom. The van der Waals surface area contributed by atoms with E-state index in [9.17, 15) is 0 Å². The van der Waals surface area contributed by atoms with Gasteiger partial charge in [0.2, 0.25) is 5.95 Å². The Bertz CT molecular complexity index is 414. The second-order valence-electron chi connectivity index (χ2n) is 5.90. The molecule has 0 unspecified atom stereocenters. The SMILES string of the molecule is CCNCc1cnc(N2CCC(C)(C)C2)nc1C. The van der Waals surface area contributed by atoms with Crippen LogP contribution in [0, 0.1) is 12.3 Å². The minimum Gasteiger partial charge on any atom is -0.340 e. The third-order valence-corrected chi connectivity index (χ3v) is 3.59. The van der Waals surface area contributed by atoms with Crippen LogP contribution in [0.25, 0.3) is 0 Å². The van der Waals surface area contributed by atoms with Crippen molar-refractivity contribution >= 4 is 5.95 Å². The first-order valence-corrected chi connectivity index (χ1v) is 6.80. The van der Waals surface area contributed by atoms with Gasteiger partial charge < -0.3 is 10.2 Å². The third-order valence-electron chi connectivity index (χ3n) is 3.59. The normalized spacial score (nSPS) is 18.3. The van der Waals surface area contributed by atoms with Crippen molar-refractivity contribution in [3.63, 3.8) is 0 Å². The van der Waals surface area contributed by atoms with Crippen molar-refractivity contribution in [2.24, 2.45) is 5.41 Å². The lowest BCUT2D eigenvalue weighted by Gasteiger charge is -2.20. The average Bonchev–Trinajstić information content (AvgIpc) is 2.68. The molecule has 1 aliphatic rings. The van der Waals surface area contributed by atoms with Gasteiger partial charge in [-0.3, -0.25) is 0 Å². The fourth-order valence-corrected chi connectivity index (χ4v) is 2.35. The maximum atomic E-state index is 4.65. The largest absolute Gasteiger partial charge is 0.340 e. The molecule has 2 rings (SSSR count). The third kappa shape index (κ3) is 2.99. The van der Waals surface area contributed by atoms with Gasteiger partial charge in [-0.15, -0.1) is 0 Å². The first-order chi connectivity index (χ1) is 8.52. The van der Waals surface area contributed by atoms with Crippen molar-refractivity contribution in [2.75, 3.05) is 24.5 Å². The first-order valence-electron chi connectivity index (χ1n) is 6.80. The summed E-state index contributed by atoms with van der Waals surface area (Å²) in [6, 6.07) is 0. The molecule has 2 heterocycles. The zero-order chi connectivity index (χ0) is 13.2. The second kappa shape index (κ2) is 5.22. The summed E-state index contributed by atoms with van der Waals surface area (Å²) < 4.78 is 0. The molecule has 0 aliphatic carbocycles. The molecule has 4 heteroatoms. The highest BCUT2D eigenvalue weighted by atomic mass is 15.3. The molecule has 4 nitrogen and oxygen atoms in total. The van der Waals surface area contributed by atoms with Gasteiger partial charge in [0.15, 0.2) is 0 Å². The minimum absolute atomic E-state index is 0.389. The van der Waals surface area contributed by atoms with E-state index in [0.717, 1.165) is 37.8 Å². The van der Waals surface area contributed by atoms with Crippen LogP contribution in [0.15, 0.2) is 6.20 Å². The van der Waals surface area contributed by atoms with Gasteiger partial charge in [-0.25, -0.2) is 9.97 Å². The zero-order valence-corrected chi connectivity index (χ0v) is 12.0. The second-order valence-corrected chi connectivity index (χ2v) is 5.90. The molecule has 0 saturated carbocycles. The number of hydrogen-bond acceptors (Lipinski definition) is 4. The van der Waals surface area contributed by atoms with E-state index < -0.39 is 0 Å². The molecule has 1 saturated heterocycles. The van der Waals surface area contributed by atoms with E-state index in [1.165, 1.54) is 12.0 Å². The van der Waals surface area contributed by atoms with Crippen LogP contribution >= 0.6 is 0 Å². The number of nitrogens with one attached hydrogen (secondary N) is 1. The van der Waals surface area contributed by atoms with Gasteiger partial charge >= 0.3 is 0 Å². The summed E-state index contributed by atoms with van der Waals surface area (Å²) in [5, 5.41) is 3.31. The van der Waals surface area contributed by atoms with Crippen molar-refractivity contribution in [3.8, 4) is 0 Å². The van der Waals surface area contributed by atoms with Crippen LogP contribution in [-0.2, 0) is 6.54 Å². The molecule has 0 amide bonds. The highest BCUT2D eigenvalue weighted by molar-refractivity contribution is 5.35. The molecule has 1 N–H and O–H groups in total. The quantitative estimate of drug-likeness (QED) is 0.886. The van der Waals surface area contributed by atoms with E-state index in [4.69, 9.17) is 0 Å². The Balaban J connectivity index is 2.09. The number of aryl methyl sites for hydroxylation is 1. The summed E-state index contributed by atoms with van der Waals surface area (Å²) in [6.07, 6.45) is 3.18. The molecule has 1 aromatic rings. The lowest BCUT2D eigenvalue weighted by atomic mass is 9.93. The van der Waals surface area contributed by atoms with Crippen LogP contribution in [-0.4, -0.2) is 29.6 Å².